The summed E-state index contributed by atoms with van der Waals surface area (Å²) in [6.07, 6.45) is 1.70. The summed E-state index contributed by atoms with van der Waals surface area (Å²) in [6, 6.07) is 8.06. The van der Waals surface area contributed by atoms with Crippen molar-refractivity contribution in [1.82, 2.24) is 10.6 Å². The Labute approximate surface area is 177 Å². The average molecular weight is 487 g/mol. The summed E-state index contributed by atoms with van der Waals surface area (Å²) in [6.45, 7) is 7.74. The summed E-state index contributed by atoms with van der Waals surface area (Å²) in [5.41, 5.74) is 2.03. The number of furan rings is 1. The number of nitrogens with zero attached hydrogens (tertiary/aromatic N) is 1. The van der Waals surface area contributed by atoms with Gasteiger partial charge in [0.2, 0.25) is 0 Å². The second-order valence-corrected chi connectivity index (χ2v) is 6.97. The molecular weight excluding hydrogens is 457 g/mol. The minimum Gasteiger partial charge on any atom is -0.459 e. The molecule has 0 saturated carbocycles. The van der Waals surface area contributed by atoms with E-state index in [1.165, 1.54) is 0 Å². The summed E-state index contributed by atoms with van der Waals surface area (Å²) in [7, 11) is 0. The van der Waals surface area contributed by atoms with E-state index in [0.29, 0.717) is 13.2 Å². The Balaban J connectivity index is 0.00000261. The van der Waals surface area contributed by atoms with Gasteiger partial charge < -0.3 is 24.9 Å². The Morgan fingerprint density at radius 1 is 1.30 bits per heavy atom. The first-order valence-corrected chi connectivity index (χ1v) is 9.35. The molecule has 1 atom stereocenters. The molecule has 1 aromatic carbocycles. The van der Waals surface area contributed by atoms with Gasteiger partial charge in [0.25, 0.3) is 0 Å². The maximum absolute atomic E-state index is 9.37. The number of guanidine groups is 1. The third-order valence-electron chi connectivity index (χ3n) is 5.13. The van der Waals surface area contributed by atoms with Gasteiger partial charge in [-0.15, -0.1) is 24.0 Å². The first kappa shape index (κ1) is 22.0. The molecule has 1 saturated heterocycles. The molecule has 0 radical (unpaired) electrons. The maximum Gasteiger partial charge on any atom is 0.191 e. The van der Waals surface area contributed by atoms with Crippen LogP contribution in [0.2, 0.25) is 0 Å². The molecule has 6 nitrogen and oxygen atoms in total. The molecule has 1 aromatic heterocycles. The van der Waals surface area contributed by atoms with E-state index in [0.717, 1.165) is 60.8 Å². The molecule has 2 aromatic rings. The van der Waals surface area contributed by atoms with Crippen LogP contribution >= 0.6 is 24.0 Å². The second-order valence-electron chi connectivity index (χ2n) is 6.97. The lowest BCUT2D eigenvalue weighted by Crippen LogP contribution is -2.44. The zero-order valence-electron chi connectivity index (χ0n) is 16.1. The molecule has 7 heteroatoms. The molecule has 0 bridgehead atoms. The number of benzene rings is 1. The summed E-state index contributed by atoms with van der Waals surface area (Å²) < 4.78 is 11.5. The fourth-order valence-corrected chi connectivity index (χ4v) is 3.45. The van der Waals surface area contributed by atoms with Crippen molar-refractivity contribution in [2.24, 2.45) is 10.4 Å². The molecule has 1 aliphatic heterocycles. The van der Waals surface area contributed by atoms with Gasteiger partial charge >= 0.3 is 0 Å². The predicted octanol–water partition coefficient (Wildman–Crippen LogP) is 3.20. The zero-order valence-corrected chi connectivity index (χ0v) is 18.4. The number of hydrogen-bond acceptors (Lipinski definition) is 4. The molecule has 1 unspecified atom stereocenters. The van der Waals surface area contributed by atoms with Crippen LogP contribution in [0, 0.1) is 12.3 Å². The van der Waals surface area contributed by atoms with Crippen molar-refractivity contribution in [2.45, 2.75) is 33.2 Å². The highest BCUT2D eigenvalue weighted by Crippen LogP contribution is 2.31. The molecule has 1 fully saturated rings. The average Bonchev–Trinajstić information content (AvgIpc) is 3.24. The van der Waals surface area contributed by atoms with Crippen LogP contribution in [0.25, 0.3) is 11.0 Å². The highest BCUT2D eigenvalue weighted by Gasteiger charge is 2.34. The van der Waals surface area contributed by atoms with Crippen LogP contribution in [0.4, 0.5) is 0 Å². The Kier molecular flexibility index (Phi) is 8.37. The van der Waals surface area contributed by atoms with Gasteiger partial charge in [-0.1, -0.05) is 18.2 Å². The van der Waals surface area contributed by atoms with Crippen LogP contribution in [0.15, 0.2) is 33.7 Å². The van der Waals surface area contributed by atoms with Gasteiger partial charge in [-0.25, -0.2) is 4.99 Å². The summed E-state index contributed by atoms with van der Waals surface area (Å²) in [5, 5.41) is 17.2. The van der Waals surface area contributed by atoms with Crippen molar-refractivity contribution in [2.75, 3.05) is 32.9 Å². The molecule has 2 heterocycles. The number of rotatable bonds is 7. The van der Waals surface area contributed by atoms with Crippen LogP contribution in [0.3, 0.4) is 0 Å². The van der Waals surface area contributed by atoms with E-state index in [4.69, 9.17) is 9.15 Å². The number of ether oxygens (including phenoxy) is 1. The molecule has 0 amide bonds. The van der Waals surface area contributed by atoms with Crippen molar-refractivity contribution >= 4 is 40.9 Å². The number of halogens is 1. The zero-order chi connectivity index (χ0) is 18.4. The number of nitrogens with one attached hydrogen (secondary N) is 2. The number of aryl methyl sites for hydroxylation is 1. The molecule has 1 aliphatic rings. The van der Waals surface area contributed by atoms with Crippen LogP contribution in [-0.4, -0.2) is 44.0 Å². The fourth-order valence-electron chi connectivity index (χ4n) is 3.45. The van der Waals surface area contributed by atoms with E-state index in [9.17, 15) is 5.11 Å². The highest BCUT2D eigenvalue weighted by molar-refractivity contribution is 14.0. The van der Waals surface area contributed by atoms with Crippen LogP contribution in [0.5, 0.6) is 0 Å². The largest absolute Gasteiger partial charge is 0.459 e. The van der Waals surface area contributed by atoms with Crippen LogP contribution in [0.1, 0.15) is 31.1 Å². The lowest BCUT2D eigenvalue weighted by molar-refractivity contribution is 0.127. The Hall–Kier alpha value is -1.32. The quantitative estimate of drug-likeness (QED) is 0.318. The van der Waals surface area contributed by atoms with Gasteiger partial charge in [0.1, 0.15) is 17.9 Å². The molecule has 3 rings (SSSR count). The van der Waals surface area contributed by atoms with E-state index in [1.807, 2.05) is 25.1 Å². The molecular formula is C20H30IN3O3. The minimum absolute atomic E-state index is 0. The van der Waals surface area contributed by atoms with E-state index < -0.39 is 0 Å². The Morgan fingerprint density at radius 3 is 2.78 bits per heavy atom. The third-order valence-corrected chi connectivity index (χ3v) is 5.13. The normalized spacial score (nSPS) is 19.9. The van der Waals surface area contributed by atoms with Crippen molar-refractivity contribution in [3.8, 4) is 0 Å². The van der Waals surface area contributed by atoms with Gasteiger partial charge in [-0.05, 0) is 32.8 Å². The van der Waals surface area contributed by atoms with Crippen molar-refractivity contribution in [1.29, 1.82) is 0 Å². The van der Waals surface area contributed by atoms with Crippen molar-refractivity contribution < 1.29 is 14.3 Å². The molecule has 27 heavy (non-hydrogen) atoms. The minimum atomic E-state index is -0.0137. The van der Waals surface area contributed by atoms with Gasteiger partial charge in [0.15, 0.2) is 5.96 Å². The van der Waals surface area contributed by atoms with E-state index in [2.05, 4.69) is 28.6 Å². The van der Waals surface area contributed by atoms with E-state index in [1.54, 1.807) is 0 Å². The van der Waals surface area contributed by atoms with Gasteiger partial charge in [-0.3, -0.25) is 0 Å². The number of aliphatic imine (C=N–C) groups is 1. The summed E-state index contributed by atoms with van der Waals surface area (Å²) >= 11 is 0. The summed E-state index contributed by atoms with van der Waals surface area (Å²) in [5.74, 6) is 1.65. The van der Waals surface area contributed by atoms with Crippen LogP contribution in [-0.2, 0) is 11.3 Å². The maximum atomic E-state index is 9.37. The Bertz CT molecular complexity index is 754. The monoisotopic (exact) mass is 487 g/mol. The standard InChI is InChI=1S/C20H29N3O3.HI/c1-3-21-19(23-13-20(8-10-24)9-11-25-14-20)22-12-18-15(2)16-6-4-5-7-17(16)26-18;/h4-7,24H,3,8-14H2,1-2H3,(H2,21,22,23);1H. The van der Waals surface area contributed by atoms with Crippen LogP contribution < -0.4 is 10.6 Å². The Morgan fingerprint density at radius 2 is 2.11 bits per heavy atom. The number of para-hydroxylation sites is 1. The smallest absolute Gasteiger partial charge is 0.191 e. The third kappa shape index (κ3) is 5.36. The predicted molar refractivity (Wildman–Crippen MR) is 119 cm³/mol. The topological polar surface area (TPSA) is 79.0 Å². The van der Waals surface area contributed by atoms with E-state index >= 15 is 0 Å². The SMILES string of the molecule is CCNC(=NCc1oc2ccccc2c1C)NCC1(CCO)CCOC1.I. The second kappa shape index (κ2) is 10.3. The van der Waals surface area contributed by atoms with Gasteiger partial charge in [0, 0.05) is 42.7 Å². The first-order chi connectivity index (χ1) is 12.7. The lowest BCUT2D eigenvalue weighted by Gasteiger charge is -2.27. The highest BCUT2D eigenvalue weighted by atomic mass is 127. The molecule has 150 valence electrons. The summed E-state index contributed by atoms with van der Waals surface area (Å²) in [4.78, 5) is 4.69. The number of fused-ring (bicyclic) bond motifs is 1. The first-order valence-electron chi connectivity index (χ1n) is 9.35. The number of aliphatic hydroxyl groups excluding tert-OH is 1. The van der Waals surface area contributed by atoms with Gasteiger partial charge in [-0.2, -0.15) is 0 Å². The number of aliphatic hydroxyl groups is 1. The van der Waals surface area contributed by atoms with Crippen molar-refractivity contribution in [3.63, 3.8) is 0 Å². The van der Waals surface area contributed by atoms with Gasteiger partial charge in [0.05, 0.1) is 6.61 Å². The van der Waals surface area contributed by atoms with Crippen molar-refractivity contribution in [3.05, 3.63) is 35.6 Å². The number of hydrogen-bond donors (Lipinski definition) is 3. The molecule has 0 aliphatic carbocycles. The molecule has 0 spiro atoms. The lowest BCUT2D eigenvalue weighted by atomic mass is 9.84. The van der Waals surface area contributed by atoms with E-state index in [-0.39, 0.29) is 36.0 Å². The molecule has 3 N–H and O–H groups in total. The fraction of sp³-hybridized carbons (Fsp3) is 0.550.